The van der Waals surface area contributed by atoms with Gasteiger partial charge in [0.25, 0.3) is 0 Å². The molecule has 0 aliphatic rings. The average Bonchev–Trinajstić information content (AvgIpc) is 2.47. The van der Waals surface area contributed by atoms with Crippen LogP contribution in [0.25, 0.3) is 10.9 Å². The van der Waals surface area contributed by atoms with Gasteiger partial charge in [-0.05, 0) is 32.0 Å². The zero-order valence-corrected chi connectivity index (χ0v) is 11.9. The summed E-state index contributed by atoms with van der Waals surface area (Å²) in [5, 5.41) is 10.2. The van der Waals surface area contributed by atoms with Crippen molar-refractivity contribution in [1.29, 1.82) is 0 Å². The molecule has 0 radical (unpaired) electrons. The van der Waals surface area contributed by atoms with Crippen LogP contribution in [0.5, 0.6) is 5.75 Å². The van der Waals surface area contributed by atoms with Crippen LogP contribution in [-0.2, 0) is 0 Å². The zero-order valence-electron chi connectivity index (χ0n) is 11.9. The van der Waals surface area contributed by atoms with E-state index in [0.29, 0.717) is 24.7 Å². The molecule has 2 rings (SSSR count). The number of carboxylic acids is 1. The Kier molecular flexibility index (Phi) is 4.08. The van der Waals surface area contributed by atoms with Crippen molar-refractivity contribution in [3.05, 3.63) is 29.8 Å². The highest BCUT2D eigenvalue weighted by molar-refractivity contribution is 5.98. The third-order valence-corrected chi connectivity index (χ3v) is 3.30. The van der Waals surface area contributed by atoms with Gasteiger partial charge in [0.05, 0.1) is 12.6 Å². The summed E-state index contributed by atoms with van der Waals surface area (Å²) in [4.78, 5) is 17.9. The summed E-state index contributed by atoms with van der Waals surface area (Å²) < 4.78 is 5.18. The van der Waals surface area contributed by atoms with Crippen molar-refractivity contribution in [2.24, 2.45) is 0 Å². The van der Waals surface area contributed by atoms with Gasteiger partial charge in [-0.15, -0.1) is 0 Å². The second kappa shape index (κ2) is 5.77. The summed E-state index contributed by atoms with van der Waals surface area (Å²) in [5.41, 5.74) is 0.961. The number of hydrogen-bond donors (Lipinski definition) is 1. The maximum absolute atomic E-state index is 11.4. The molecular weight excluding hydrogens is 256 g/mol. The second-order valence-corrected chi connectivity index (χ2v) is 4.40. The van der Waals surface area contributed by atoms with Crippen molar-refractivity contribution in [3.8, 4) is 5.75 Å². The monoisotopic (exact) mass is 274 g/mol. The number of anilines is 1. The number of pyridine rings is 1. The average molecular weight is 274 g/mol. The van der Waals surface area contributed by atoms with Crippen molar-refractivity contribution >= 4 is 22.7 Å². The Labute approximate surface area is 117 Å². The van der Waals surface area contributed by atoms with Gasteiger partial charge < -0.3 is 14.7 Å². The smallest absolute Gasteiger partial charge is 0.339 e. The number of ether oxygens (including phenoxy) is 1. The number of nitrogens with zero attached hydrogens (tertiary/aromatic N) is 2. The van der Waals surface area contributed by atoms with E-state index >= 15 is 0 Å². The summed E-state index contributed by atoms with van der Waals surface area (Å²) in [6, 6.07) is 7.10. The van der Waals surface area contributed by atoms with Crippen LogP contribution in [0.2, 0.25) is 0 Å². The molecule has 0 bridgehead atoms. The summed E-state index contributed by atoms with van der Waals surface area (Å²) in [7, 11) is 1.60. The number of rotatable bonds is 5. The molecule has 0 amide bonds. The van der Waals surface area contributed by atoms with Gasteiger partial charge in [-0.25, -0.2) is 9.78 Å². The quantitative estimate of drug-likeness (QED) is 0.908. The Morgan fingerprint density at radius 2 is 2.00 bits per heavy atom. The highest BCUT2D eigenvalue weighted by atomic mass is 16.5. The van der Waals surface area contributed by atoms with Gasteiger partial charge in [0.2, 0.25) is 0 Å². The number of hydrogen-bond acceptors (Lipinski definition) is 4. The van der Waals surface area contributed by atoms with Crippen molar-refractivity contribution in [1.82, 2.24) is 4.98 Å². The topological polar surface area (TPSA) is 62.7 Å². The van der Waals surface area contributed by atoms with Gasteiger partial charge in [-0.1, -0.05) is 0 Å². The van der Waals surface area contributed by atoms with Crippen molar-refractivity contribution in [3.63, 3.8) is 0 Å². The molecule has 20 heavy (non-hydrogen) atoms. The van der Waals surface area contributed by atoms with Crippen LogP contribution in [0.4, 0.5) is 5.82 Å². The highest BCUT2D eigenvalue weighted by Gasteiger charge is 2.17. The SMILES string of the molecule is CCN(CC)c1nc2cc(OC)ccc2cc1C(=O)O. The van der Waals surface area contributed by atoms with E-state index in [1.807, 2.05) is 30.9 Å². The van der Waals surface area contributed by atoms with Gasteiger partial charge in [0.15, 0.2) is 0 Å². The van der Waals surface area contributed by atoms with E-state index in [0.717, 1.165) is 10.9 Å². The Balaban J connectivity index is 2.68. The van der Waals surface area contributed by atoms with Crippen molar-refractivity contribution < 1.29 is 14.6 Å². The number of carbonyl (C=O) groups is 1. The molecule has 1 aromatic heterocycles. The number of methoxy groups -OCH3 is 1. The fraction of sp³-hybridized carbons (Fsp3) is 0.333. The first-order valence-corrected chi connectivity index (χ1v) is 6.57. The molecule has 0 unspecified atom stereocenters. The van der Waals surface area contributed by atoms with Crippen LogP contribution in [0.1, 0.15) is 24.2 Å². The van der Waals surface area contributed by atoms with E-state index in [2.05, 4.69) is 4.98 Å². The normalized spacial score (nSPS) is 10.6. The minimum Gasteiger partial charge on any atom is -0.497 e. The summed E-state index contributed by atoms with van der Waals surface area (Å²) in [6.45, 7) is 5.37. The largest absolute Gasteiger partial charge is 0.497 e. The summed E-state index contributed by atoms with van der Waals surface area (Å²) in [6.07, 6.45) is 0. The molecule has 0 aliphatic carbocycles. The first-order valence-electron chi connectivity index (χ1n) is 6.57. The Morgan fingerprint density at radius 1 is 1.30 bits per heavy atom. The Hall–Kier alpha value is -2.30. The maximum Gasteiger partial charge on any atom is 0.339 e. The van der Waals surface area contributed by atoms with E-state index in [1.54, 1.807) is 19.2 Å². The molecule has 0 saturated heterocycles. The molecule has 5 nitrogen and oxygen atoms in total. The predicted octanol–water partition coefficient (Wildman–Crippen LogP) is 2.79. The molecule has 0 saturated carbocycles. The molecule has 106 valence electrons. The minimum absolute atomic E-state index is 0.228. The van der Waals surface area contributed by atoms with E-state index in [-0.39, 0.29) is 5.56 Å². The fourth-order valence-electron chi connectivity index (χ4n) is 2.19. The number of fused-ring (bicyclic) bond motifs is 1. The van der Waals surface area contributed by atoms with Gasteiger partial charge in [-0.2, -0.15) is 0 Å². The van der Waals surface area contributed by atoms with Gasteiger partial charge in [-0.3, -0.25) is 0 Å². The van der Waals surface area contributed by atoms with E-state index < -0.39 is 5.97 Å². The van der Waals surface area contributed by atoms with E-state index in [1.165, 1.54) is 0 Å². The molecule has 2 aromatic rings. The summed E-state index contributed by atoms with van der Waals surface area (Å²) >= 11 is 0. The molecule has 0 atom stereocenters. The fourth-order valence-corrected chi connectivity index (χ4v) is 2.19. The zero-order chi connectivity index (χ0) is 14.7. The lowest BCUT2D eigenvalue weighted by atomic mass is 10.1. The van der Waals surface area contributed by atoms with Gasteiger partial charge in [0, 0.05) is 24.5 Å². The summed E-state index contributed by atoms with van der Waals surface area (Å²) in [5.74, 6) is 0.249. The molecule has 5 heteroatoms. The minimum atomic E-state index is -0.961. The van der Waals surface area contributed by atoms with Crippen molar-refractivity contribution in [2.75, 3.05) is 25.1 Å². The first-order chi connectivity index (χ1) is 9.60. The van der Waals surface area contributed by atoms with Crippen molar-refractivity contribution in [2.45, 2.75) is 13.8 Å². The molecule has 1 heterocycles. The maximum atomic E-state index is 11.4. The molecule has 1 aromatic carbocycles. The van der Waals surface area contributed by atoms with Crippen LogP contribution >= 0.6 is 0 Å². The lowest BCUT2D eigenvalue weighted by Crippen LogP contribution is -2.25. The predicted molar refractivity (Wildman–Crippen MR) is 78.8 cm³/mol. The standard InChI is InChI=1S/C15H18N2O3/c1-4-17(5-2)14-12(15(18)19)8-10-6-7-11(20-3)9-13(10)16-14/h6-9H,4-5H2,1-3H3,(H,18,19). The third-order valence-electron chi connectivity index (χ3n) is 3.30. The van der Waals surface area contributed by atoms with Crippen LogP contribution in [0.15, 0.2) is 24.3 Å². The van der Waals surface area contributed by atoms with Crippen LogP contribution in [0, 0.1) is 0 Å². The number of aromatic nitrogens is 1. The molecular formula is C15H18N2O3. The molecule has 0 aliphatic heterocycles. The molecule has 1 N–H and O–H groups in total. The Bertz CT molecular complexity index is 636. The second-order valence-electron chi connectivity index (χ2n) is 4.40. The number of benzene rings is 1. The molecule has 0 spiro atoms. The Morgan fingerprint density at radius 3 is 2.55 bits per heavy atom. The van der Waals surface area contributed by atoms with Crippen LogP contribution in [0.3, 0.4) is 0 Å². The van der Waals surface area contributed by atoms with Gasteiger partial charge in [0.1, 0.15) is 17.1 Å². The van der Waals surface area contributed by atoms with Crippen LogP contribution in [-0.4, -0.2) is 36.3 Å². The van der Waals surface area contributed by atoms with E-state index in [9.17, 15) is 9.90 Å². The third kappa shape index (κ3) is 2.52. The lowest BCUT2D eigenvalue weighted by molar-refractivity contribution is 0.0697. The molecule has 0 fully saturated rings. The van der Waals surface area contributed by atoms with E-state index in [4.69, 9.17) is 4.74 Å². The van der Waals surface area contributed by atoms with Gasteiger partial charge >= 0.3 is 5.97 Å². The highest BCUT2D eigenvalue weighted by Crippen LogP contribution is 2.26. The lowest BCUT2D eigenvalue weighted by Gasteiger charge is -2.22. The number of aromatic carboxylic acids is 1. The van der Waals surface area contributed by atoms with Crippen LogP contribution < -0.4 is 9.64 Å². The first kappa shape index (κ1) is 14.1. The number of carboxylic acid groups (broad SMARTS) is 1.